The highest BCUT2D eigenvalue weighted by atomic mass is 16.5. The van der Waals surface area contributed by atoms with Crippen molar-refractivity contribution in [2.75, 3.05) is 0 Å². The average Bonchev–Trinajstić information content (AvgIpc) is 2.97. The predicted molar refractivity (Wildman–Crippen MR) is 77.0 cm³/mol. The van der Waals surface area contributed by atoms with Crippen molar-refractivity contribution in [3.8, 4) is 0 Å². The second-order valence-electron chi connectivity index (χ2n) is 6.80. The molecule has 5 nitrogen and oxygen atoms in total. The van der Waals surface area contributed by atoms with Gasteiger partial charge in [0.25, 0.3) is 0 Å². The molecule has 21 heavy (non-hydrogen) atoms. The summed E-state index contributed by atoms with van der Waals surface area (Å²) >= 11 is 0. The smallest absolute Gasteiger partial charge is 0.307 e. The van der Waals surface area contributed by atoms with E-state index in [0.717, 1.165) is 44.3 Å². The predicted octanol–water partition coefficient (Wildman–Crippen LogP) is 3.72. The molecular weight excluding hydrogens is 268 g/mol. The summed E-state index contributed by atoms with van der Waals surface area (Å²) in [4.78, 5) is 16.0. The van der Waals surface area contributed by atoms with Crippen LogP contribution in [-0.4, -0.2) is 21.2 Å². The van der Waals surface area contributed by atoms with Gasteiger partial charge < -0.3 is 9.63 Å². The molecule has 0 saturated heterocycles. The largest absolute Gasteiger partial charge is 0.481 e. The van der Waals surface area contributed by atoms with Gasteiger partial charge in [-0.25, -0.2) is 0 Å². The molecule has 1 N–H and O–H groups in total. The van der Waals surface area contributed by atoms with Gasteiger partial charge in [0.15, 0.2) is 5.82 Å². The van der Waals surface area contributed by atoms with Gasteiger partial charge in [0.1, 0.15) is 0 Å². The van der Waals surface area contributed by atoms with Crippen molar-refractivity contribution in [2.24, 2.45) is 11.8 Å². The Kier molecular flexibility index (Phi) is 4.27. The SMILES string of the molecule is CC1CCCC(c2noc(C3CCCCC3C(=O)O)n2)C1. The molecule has 0 amide bonds. The fourth-order valence-corrected chi connectivity index (χ4v) is 3.95. The van der Waals surface area contributed by atoms with Crippen LogP contribution in [0.5, 0.6) is 0 Å². The van der Waals surface area contributed by atoms with Crippen LogP contribution in [0, 0.1) is 11.8 Å². The number of carboxylic acids is 1. The Morgan fingerprint density at radius 1 is 1.19 bits per heavy atom. The quantitative estimate of drug-likeness (QED) is 0.918. The summed E-state index contributed by atoms with van der Waals surface area (Å²) in [6.07, 6.45) is 8.34. The summed E-state index contributed by atoms with van der Waals surface area (Å²) in [6, 6.07) is 0. The maximum Gasteiger partial charge on any atom is 0.307 e. The van der Waals surface area contributed by atoms with E-state index in [4.69, 9.17) is 4.52 Å². The zero-order chi connectivity index (χ0) is 14.8. The van der Waals surface area contributed by atoms with Crippen molar-refractivity contribution < 1.29 is 14.4 Å². The van der Waals surface area contributed by atoms with Crippen LogP contribution in [0.4, 0.5) is 0 Å². The van der Waals surface area contributed by atoms with E-state index in [-0.39, 0.29) is 11.8 Å². The first-order valence-electron chi connectivity index (χ1n) is 8.21. The van der Waals surface area contributed by atoms with Crippen LogP contribution in [0.25, 0.3) is 0 Å². The molecule has 116 valence electrons. The highest BCUT2D eigenvalue weighted by Crippen LogP contribution is 2.39. The molecule has 4 unspecified atom stereocenters. The number of carboxylic acid groups (broad SMARTS) is 1. The fourth-order valence-electron chi connectivity index (χ4n) is 3.95. The summed E-state index contributed by atoms with van der Waals surface area (Å²) in [7, 11) is 0. The van der Waals surface area contributed by atoms with Crippen LogP contribution in [0.15, 0.2) is 4.52 Å². The lowest BCUT2D eigenvalue weighted by atomic mass is 9.79. The summed E-state index contributed by atoms with van der Waals surface area (Å²) < 4.78 is 5.45. The number of aromatic nitrogens is 2. The molecule has 5 heteroatoms. The monoisotopic (exact) mass is 292 g/mol. The highest BCUT2D eigenvalue weighted by molar-refractivity contribution is 5.71. The third-order valence-corrected chi connectivity index (χ3v) is 5.16. The molecule has 2 aliphatic carbocycles. The maximum atomic E-state index is 11.4. The minimum absolute atomic E-state index is 0.0986. The van der Waals surface area contributed by atoms with E-state index >= 15 is 0 Å². The summed E-state index contributed by atoms with van der Waals surface area (Å²) in [5.41, 5.74) is 0. The van der Waals surface area contributed by atoms with Crippen molar-refractivity contribution in [3.05, 3.63) is 11.7 Å². The molecule has 4 atom stereocenters. The highest BCUT2D eigenvalue weighted by Gasteiger charge is 2.36. The minimum atomic E-state index is -0.731. The lowest BCUT2D eigenvalue weighted by Gasteiger charge is -2.25. The van der Waals surface area contributed by atoms with Crippen molar-refractivity contribution in [1.29, 1.82) is 0 Å². The van der Waals surface area contributed by atoms with Crippen LogP contribution in [0.2, 0.25) is 0 Å². The van der Waals surface area contributed by atoms with Crippen molar-refractivity contribution in [2.45, 2.75) is 70.1 Å². The Morgan fingerprint density at radius 2 is 2.00 bits per heavy atom. The number of hydrogen-bond acceptors (Lipinski definition) is 4. The Bertz CT molecular complexity index is 499. The van der Waals surface area contributed by atoms with Crippen LogP contribution in [0.3, 0.4) is 0 Å². The normalized spacial score (nSPS) is 33.8. The third-order valence-electron chi connectivity index (χ3n) is 5.16. The summed E-state index contributed by atoms with van der Waals surface area (Å²) in [5.74, 6) is 1.26. The van der Waals surface area contributed by atoms with E-state index in [1.54, 1.807) is 0 Å². The first kappa shape index (κ1) is 14.5. The van der Waals surface area contributed by atoms with Gasteiger partial charge in [-0.1, -0.05) is 37.8 Å². The molecule has 2 fully saturated rings. The molecule has 0 aromatic carbocycles. The molecule has 0 bridgehead atoms. The van der Waals surface area contributed by atoms with Crippen LogP contribution < -0.4 is 0 Å². The number of hydrogen-bond donors (Lipinski definition) is 1. The summed E-state index contributed by atoms with van der Waals surface area (Å²) in [6.45, 7) is 2.27. The van der Waals surface area contributed by atoms with E-state index in [0.29, 0.717) is 17.7 Å². The molecular formula is C16H24N2O3. The molecule has 0 spiro atoms. The molecule has 3 rings (SSSR count). The van der Waals surface area contributed by atoms with Crippen molar-refractivity contribution in [3.63, 3.8) is 0 Å². The zero-order valence-corrected chi connectivity index (χ0v) is 12.6. The van der Waals surface area contributed by atoms with Crippen LogP contribution >= 0.6 is 0 Å². The van der Waals surface area contributed by atoms with Gasteiger partial charge in [-0.2, -0.15) is 4.98 Å². The Hall–Kier alpha value is -1.39. The summed E-state index contributed by atoms with van der Waals surface area (Å²) in [5, 5.41) is 13.5. The van der Waals surface area contributed by atoms with Gasteiger partial charge in [-0.15, -0.1) is 0 Å². The second-order valence-corrected chi connectivity index (χ2v) is 6.80. The van der Waals surface area contributed by atoms with E-state index in [2.05, 4.69) is 17.1 Å². The first-order chi connectivity index (χ1) is 10.1. The van der Waals surface area contributed by atoms with E-state index in [1.807, 2.05) is 0 Å². The third kappa shape index (κ3) is 3.11. The number of carbonyl (C=O) groups is 1. The van der Waals surface area contributed by atoms with Crippen molar-refractivity contribution >= 4 is 5.97 Å². The number of nitrogens with zero attached hydrogens (tertiary/aromatic N) is 2. The van der Waals surface area contributed by atoms with Crippen LogP contribution in [-0.2, 0) is 4.79 Å². The second kappa shape index (κ2) is 6.16. The van der Waals surface area contributed by atoms with Gasteiger partial charge in [0.05, 0.1) is 11.8 Å². The molecule has 0 radical (unpaired) electrons. The van der Waals surface area contributed by atoms with Gasteiger partial charge in [-0.05, 0) is 31.6 Å². The van der Waals surface area contributed by atoms with E-state index < -0.39 is 5.97 Å². The molecule has 2 aliphatic rings. The molecule has 1 aromatic rings. The van der Waals surface area contributed by atoms with Gasteiger partial charge in [0, 0.05) is 5.92 Å². The molecule has 0 aliphatic heterocycles. The van der Waals surface area contributed by atoms with E-state index in [9.17, 15) is 9.90 Å². The zero-order valence-electron chi connectivity index (χ0n) is 12.6. The Labute approximate surface area is 125 Å². The van der Waals surface area contributed by atoms with Gasteiger partial charge in [0.2, 0.25) is 5.89 Å². The number of rotatable bonds is 3. The van der Waals surface area contributed by atoms with Gasteiger partial charge in [-0.3, -0.25) is 4.79 Å². The number of aliphatic carboxylic acids is 1. The Morgan fingerprint density at radius 3 is 2.76 bits per heavy atom. The first-order valence-corrected chi connectivity index (χ1v) is 8.21. The topological polar surface area (TPSA) is 76.2 Å². The lowest BCUT2D eigenvalue weighted by molar-refractivity contribution is -0.143. The average molecular weight is 292 g/mol. The standard InChI is InChI=1S/C16H24N2O3/c1-10-5-4-6-11(9-10)14-17-15(21-18-14)12-7-2-3-8-13(12)16(19)20/h10-13H,2-9H2,1H3,(H,19,20). The van der Waals surface area contributed by atoms with Crippen molar-refractivity contribution in [1.82, 2.24) is 10.1 Å². The van der Waals surface area contributed by atoms with Crippen LogP contribution in [0.1, 0.15) is 81.8 Å². The molecule has 2 saturated carbocycles. The molecule has 1 aromatic heterocycles. The Balaban J connectivity index is 1.75. The minimum Gasteiger partial charge on any atom is -0.481 e. The molecule has 1 heterocycles. The van der Waals surface area contributed by atoms with E-state index in [1.165, 1.54) is 12.8 Å². The fraction of sp³-hybridized carbons (Fsp3) is 0.812. The lowest BCUT2D eigenvalue weighted by Crippen LogP contribution is -2.25. The maximum absolute atomic E-state index is 11.4. The van der Waals surface area contributed by atoms with Gasteiger partial charge >= 0.3 is 5.97 Å².